The van der Waals surface area contributed by atoms with Crippen molar-refractivity contribution < 1.29 is 18.9 Å². The minimum Gasteiger partial charge on any atom is -0.472 e. The van der Waals surface area contributed by atoms with Crippen LogP contribution in [0.5, 0.6) is 0 Å². The zero-order valence-corrected chi connectivity index (χ0v) is 12.6. The minimum atomic E-state index is 0. The van der Waals surface area contributed by atoms with Gasteiger partial charge in [-0.25, -0.2) is 10.6 Å². The van der Waals surface area contributed by atoms with Crippen LogP contribution in [0.1, 0.15) is 0 Å². The van der Waals surface area contributed by atoms with Crippen molar-refractivity contribution in [3.05, 3.63) is 97.1 Å². The Morgan fingerprint density at radius 1 is 0.400 bits per heavy atom. The van der Waals surface area contributed by atoms with Crippen molar-refractivity contribution in [3.8, 4) is 0 Å². The van der Waals surface area contributed by atoms with Crippen LogP contribution < -0.4 is 29.5 Å². The van der Waals surface area contributed by atoms with Gasteiger partial charge in [-0.15, -0.1) is 0 Å². The van der Waals surface area contributed by atoms with Crippen LogP contribution in [-0.4, -0.2) is 0 Å². The van der Waals surface area contributed by atoms with Crippen molar-refractivity contribution in [3.63, 3.8) is 0 Å². The molecule has 3 aromatic rings. The Hall–Kier alpha value is -1.31. The van der Waals surface area contributed by atoms with Gasteiger partial charge in [0.2, 0.25) is 0 Å². The van der Waals surface area contributed by atoms with Gasteiger partial charge in [-0.05, 0) is 0 Å². The van der Waals surface area contributed by atoms with Crippen molar-refractivity contribution in [2.24, 2.45) is 0 Å². The van der Waals surface area contributed by atoms with Crippen LogP contribution in [0.4, 0.5) is 0 Å². The fourth-order valence-corrected chi connectivity index (χ4v) is 2.48. The van der Waals surface area contributed by atoms with E-state index in [1.165, 1.54) is 19.2 Å². The summed E-state index contributed by atoms with van der Waals surface area (Å²) >= 11 is 0. The Morgan fingerprint density at radius 2 is 0.650 bits per heavy atom. The second-order valence-electron chi connectivity index (χ2n) is 3.94. The SMILES string of the molecule is [Li+].c1ccc([P-]c2ccccc2)cc1.c1ccccc1. The molecule has 0 aliphatic rings. The van der Waals surface area contributed by atoms with E-state index in [0.29, 0.717) is 0 Å². The summed E-state index contributed by atoms with van der Waals surface area (Å²) in [6.45, 7) is 0. The summed E-state index contributed by atoms with van der Waals surface area (Å²) in [6, 6.07) is 33.0. The third-order valence-electron chi connectivity index (χ3n) is 2.44. The van der Waals surface area contributed by atoms with E-state index < -0.39 is 0 Å². The van der Waals surface area contributed by atoms with Gasteiger partial charge in [0.05, 0.1) is 0 Å². The predicted octanol–water partition coefficient (Wildman–Crippen LogP) is 1.27. The van der Waals surface area contributed by atoms with Gasteiger partial charge in [-0.3, -0.25) is 0 Å². The molecule has 20 heavy (non-hydrogen) atoms. The summed E-state index contributed by atoms with van der Waals surface area (Å²) in [5.41, 5.74) is 0. The van der Waals surface area contributed by atoms with E-state index in [0.717, 1.165) is 0 Å². The molecule has 2 heteroatoms. The smallest absolute Gasteiger partial charge is 0.472 e. The number of rotatable bonds is 2. The fraction of sp³-hybridized carbons (Fsp3) is 0. The standard InChI is InChI=1S/C12H10P.C6H6.Li/c1-3-7-11(8-4-1)13-12-9-5-2-6-10-12;1-2-4-6-5-3-1;/h1-10H;1-6H;/q-1;;+1. The normalized spacial score (nSPS) is 8.80. The molecule has 0 aromatic heterocycles. The van der Waals surface area contributed by atoms with Crippen LogP contribution in [0.2, 0.25) is 0 Å². The van der Waals surface area contributed by atoms with Gasteiger partial charge in [0, 0.05) is 0 Å². The minimum absolute atomic E-state index is 0. The molecule has 0 atom stereocenters. The first-order chi connectivity index (χ1) is 9.45. The van der Waals surface area contributed by atoms with Crippen molar-refractivity contribution in [1.82, 2.24) is 0 Å². The quantitative estimate of drug-likeness (QED) is 0.486. The molecule has 0 aliphatic heterocycles. The molecular weight excluding hydrogens is 254 g/mol. The van der Waals surface area contributed by atoms with Gasteiger partial charge in [0.15, 0.2) is 0 Å². The van der Waals surface area contributed by atoms with Crippen molar-refractivity contribution in [1.29, 1.82) is 0 Å². The molecule has 3 rings (SSSR count). The molecule has 0 N–H and O–H groups in total. The molecule has 0 amide bonds. The van der Waals surface area contributed by atoms with E-state index in [1.54, 1.807) is 0 Å². The molecule has 0 saturated heterocycles. The zero-order valence-electron chi connectivity index (χ0n) is 11.7. The Kier molecular flexibility index (Phi) is 8.77. The van der Waals surface area contributed by atoms with E-state index in [9.17, 15) is 0 Å². The third kappa shape index (κ3) is 6.74. The van der Waals surface area contributed by atoms with Crippen LogP contribution in [-0.2, 0) is 0 Å². The van der Waals surface area contributed by atoms with Crippen LogP contribution >= 0.6 is 8.58 Å². The van der Waals surface area contributed by atoms with Crippen LogP contribution in [0.3, 0.4) is 0 Å². The van der Waals surface area contributed by atoms with Crippen LogP contribution in [0, 0.1) is 0 Å². The Bertz CT molecular complexity index is 488. The van der Waals surface area contributed by atoms with Gasteiger partial charge in [-0.1, -0.05) is 97.1 Å². The summed E-state index contributed by atoms with van der Waals surface area (Å²) in [4.78, 5) is 0. The summed E-state index contributed by atoms with van der Waals surface area (Å²) in [6.07, 6.45) is 0. The van der Waals surface area contributed by atoms with Gasteiger partial charge in [0.1, 0.15) is 0 Å². The third-order valence-corrected chi connectivity index (χ3v) is 3.55. The van der Waals surface area contributed by atoms with Crippen molar-refractivity contribution >= 4 is 19.2 Å². The van der Waals surface area contributed by atoms with Crippen molar-refractivity contribution in [2.75, 3.05) is 0 Å². The topological polar surface area (TPSA) is 0 Å². The van der Waals surface area contributed by atoms with Crippen LogP contribution in [0.25, 0.3) is 0 Å². The molecule has 0 nitrogen and oxygen atoms in total. The maximum Gasteiger partial charge on any atom is 1.00 e. The zero-order chi connectivity index (χ0) is 13.2. The molecule has 0 bridgehead atoms. The maximum atomic E-state index is 2.15. The van der Waals surface area contributed by atoms with E-state index in [-0.39, 0.29) is 18.9 Å². The van der Waals surface area contributed by atoms with Gasteiger partial charge >= 0.3 is 18.9 Å². The maximum absolute atomic E-state index is 2.15. The Morgan fingerprint density at radius 3 is 0.950 bits per heavy atom. The average molecular weight is 270 g/mol. The molecule has 0 saturated carbocycles. The molecule has 0 unspecified atom stereocenters. The predicted molar refractivity (Wildman–Crippen MR) is 85.5 cm³/mol. The van der Waals surface area contributed by atoms with E-state index in [1.807, 2.05) is 48.5 Å². The summed E-state index contributed by atoms with van der Waals surface area (Å²) in [7, 11) is 1.28. The Labute approximate surface area is 135 Å². The summed E-state index contributed by atoms with van der Waals surface area (Å²) in [5.74, 6) is 0. The fourth-order valence-electron chi connectivity index (χ4n) is 1.54. The summed E-state index contributed by atoms with van der Waals surface area (Å²) < 4.78 is 0. The number of benzene rings is 3. The largest absolute Gasteiger partial charge is 1.00 e. The van der Waals surface area contributed by atoms with Crippen molar-refractivity contribution in [2.45, 2.75) is 0 Å². The second kappa shape index (κ2) is 10.5. The number of hydrogen-bond donors (Lipinski definition) is 0. The molecule has 0 spiro atoms. The summed E-state index contributed by atoms with van der Waals surface area (Å²) in [5, 5.41) is 2.68. The first-order valence-corrected chi connectivity index (χ1v) is 7.16. The van der Waals surface area contributed by atoms with Gasteiger partial charge in [0.25, 0.3) is 0 Å². The van der Waals surface area contributed by atoms with Crippen LogP contribution in [0.15, 0.2) is 97.1 Å². The molecule has 0 fully saturated rings. The molecule has 94 valence electrons. The van der Waals surface area contributed by atoms with E-state index in [4.69, 9.17) is 0 Å². The Balaban J connectivity index is 0.000000243. The molecule has 3 aromatic carbocycles. The molecule has 0 aliphatic carbocycles. The second-order valence-corrected chi connectivity index (χ2v) is 5.19. The monoisotopic (exact) mass is 270 g/mol. The van der Waals surface area contributed by atoms with E-state index in [2.05, 4.69) is 48.5 Å². The van der Waals surface area contributed by atoms with E-state index >= 15 is 0 Å². The van der Waals surface area contributed by atoms with Gasteiger partial charge < -0.3 is 8.58 Å². The number of hydrogen-bond acceptors (Lipinski definition) is 0. The molecule has 0 heterocycles. The molecule has 0 radical (unpaired) electrons. The average Bonchev–Trinajstić information content (AvgIpc) is 2.52. The van der Waals surface area contributed by atoms with Gasteiger partial charge in [-0.2, -0.15) is 0 Å². The first kappa shape index (κ1) is 16.7. The molecular formula is C18H16LiP. The first-order valence-electron chi connectivity index (χ1n) is 6.27.